The monoisotopic (exact) mass is 498 g/mol. The molecule has 1 amide bonds. The molecule has 1 heterocycles. The molecule has 0 aromatic heterocycles. The number of methoxy groups -OCH3 is 5. The fourth-order valence-electron chi connectivity index (χ4n) is 5.44. The summed E-state index contributed by atoms with van der Waals surface area (Å²) in [6.07, 6.45) is 3.01. The Balaban J connectivity index is 1.32. The third-order valence-electron chi connectivity index (χ3n) is 7.45. The molecule has 2 aromatic carbocycles. The zero-order chi connectivity index (χ0) is 25.8. The van der Waals surface area contributed by atoms with Gasteiger partial charge in [0.25, 0.3) is 0 Å². The van der Waals surface area contributed by atoms with Crippen LogP contribution in [0.2, 0.25) is 0 Å². The summed E-state index contributed by atoms with van der Waals surface area (Å²) in [5.41, 5.74) is 4.87. The van der Waals surface area contributed by atoms with Gasteiger partial charge in [-0.15, -0.1) is 0 Å². The third-order valence-corrected chi connectivity index (χ3v) is 7.45. The maximum atomic E-state index is 13.1. The van der Waals surface area contributed by atoms with E-state index in [1.165, 1.54) is 11.1 Å². The van der Waals surface area contributed by atoms with Crippen molar-refractivity contribution in [1.29, 1.82) is 0 Å². The SMILES string of the molecule is COc1cc2c(cc1OC)[C@@H](CN(C)CCC(=O)N1CCc3cc(OC)c(OC)c(OC)c3CC1)C2. The molecule has 4 rings (SSSR count). The summed E-state index contributed by atoms with van der Waals surface area (Å²) < 4.78 is 27.6. The second kappa shape index (κ2) is 11.3. The average Bonchev–Trinajstić information content (AvgIpc) is 3.11. The number of nitrogens with zero attached hydrogens (tertiary/aromatic N) is 2. The molecule has 0 bridgehead atoms. The third kappa shape index (κ3) is 5.05. The first-order chi connectivity index (χ1) is 17.4. The minimum Gasteiger partial charge on any atom is -0.493 e. The Morgan fingerprint density at radius 3 is 2.17 bits per heavy atom. The van der Waals surface area contributed by atoms with E-state index in [4.69, 9.17) is 23.7 Å². The van der Waals surface area contributed by atoms with Gasteiger partial charge in [-0.3, -0.25) is 4.79 Å². The highest BCUT2D eigenvalue weighted by Gasteiger charge is 2.30. The first-order valence-corrected chi connectivity index (χ1v) is 12.5. The molecule has 0 saturated carbocycles. The van der Waals surface area contributed by atoms with E-state index < -0.39 is 0 Å². The largest absolute Gasteiger partial charge is 0.493 e. The fraction of sp³-hybridized carbons (Fsp3) is 0.536. The lowest BCUT2D eigenvalue weighted by Gasteiger charge is -2.34. The maximum absolute atomic E-state index is 13.1. The van der Waals surface area contributed by atoms with Crippen LogP contribution >= 0.6 is 0 Å². The van der Waals surface area contributed by atoms with Gasteiger partial charge in [-0.25, -0.2) is 0 Å². The molecule has 0 N–H and O–H groups in total. The van der Waals surface area contributed by atoms with Crippen LogP contribution in [0.15, 0.2) is 18.2 Å². The Morgan fingerprint density at radius 2 is 1.50 bits per heavy atom. The molecule has 2 aliphatic rings. The fourth-order valence-corrected chi connectivity index (χ4v) is 5.44. The van der Waals surface area contributed by atoms with Crippen molar-refractivity contribution in [3.05, 3.63) is 40.5 Å². The van der Waals surface area contributed by atoms with Crippen molar-refractivity contribution in [2.75, 3.05) is 68.8 Å². The van der Waals surface area contributed by atoms with E-state index in [2.05, 4.69) is 24.1 Å². The molecule has 0 saturated heterocycles. The first kappa shape index (κ1) is 25.9. The number of amides is 1. The average molecular weight is 499 g/mol. The van der Waals surface area contributed by atoms with Gasteiger partial charge in [0.2, 0.25) is 11.7 Å². The van der Waals surface area contributed by atoms with Gasteiger partial charge in [-0.05, 0) is 61.2 Å². The van der Waals surface area contributed by atoms with E-state index in [9.17, 15) is 4.79 Å². The summed E-state index contributed by atoms with van der Waals surface area (Å²) in [6.45, 7) is 3.00. The zero-order valence-corrected chi connectivity index (χ0v) is 22.3. The molecular weight excluding hydrogens is 460 g/mol. The maximum Gasteiger partial charge on any atom is 0.223 e. The molecule has 0 fully saturated rings. The highest BCUT2D eigenvalue weighted by Crippen LogP contribution is 2.44. The van der Waals surface area contributed by atoms with Crippen molar-refractivity contribution in [3.63, 3.8) is 0 Å². The lowest BCUT2D eigenvalue weighted by molar-refractivity contribution is -0.131. The second-order valence-electron chi connectivity index (χ2n) is 9.48. The topological polar surface area (TPSA) is 69.7 Å². The smallest absolute Gasteiger partial charge is 0.223 e. The molecule has 1 aliphatic carbocycles. The Hall–Kier alpha value is -3.13. The van der Waals surface area contributed by atoms with Crippen LogP contribution in [-0.4, -0.2) is 84.5 Å². The number of hydrogen-bond donors (Lipinski definition) is 0. The Labute approximate surface area is 214 Å². The lowest BCUT2D eigenvalue weighted by Crippen LogP contribution is -2.37. The Morgan fingerprint density at radius 1 is 0.861 bits per heavy atom. The number of benzene rings is 2. The molecule has 0 spiro atoms. The normalized spacial score (nSPS) is 16.4. The molecule has 8 nitrogen and oxygen atoms in total. The van der Waals surface area contributed by atoms with Crippen molar-refractivity contribution in [2.24, 2.45) is 0 Å². The molecule has 36 heavy (non-hydrogen) atoms. The van der Waals surface area contributed by atoms with Crippen LogP contribution in [0.25, 0.3) is 0 Å². The molecule has 1 aliphatic heterocycles. The Bertz CT molecular complexity index is 1100. The van der Waals surface area contributed by atoms with Gasteiger partial charge in [-0.2, -0.15) is 0 Å². The van der Waals surface area contributed by atoms with E-state index in [1.807, 2.05) is 11.0 Å². The van der Waals surface area contributed by atoms with Gasteiger partial charge in [-0.1, -0.05) is 0 Å². The summed E-state index contributed by atoms with van der Waals surface area (Å²) >= 11 is 0. The molecular formula is C28H38N2O6. The molecule has 1 atom stereocenters. The lowest BCUT2D eigenvalue weighted by atomic mass is 9.77. The highest BCUT2D eigenvalue weighted by atomic mass is 16.5. The van der Waals surface area contributed by atoms with Gasteiger partial charge in [0, 0.05) is 44.1 Å². The van der Waals surface area contributed by atoms with Crippen molar-refractivity contribution in [3.8, 4) is 28.7 Å². The van der Waals surface area contributed by atoms with E-state index in [0.29, 0.717) is 42.7 Å². The number of ether oxygens (including phenoxy) is 5. The van der Waals surface area contributed by atoms with Crippen LogP contribution in [0.4, 0.5) is 0 Å². The van der Waals surface area contributed by atoms with Crippen LogP contribution in [-0.2, 0) is 24.1 Å². The Kier molecular flexibility index (Phi) is 8.14. The predicted octanol–water partition coefficient (Wildman–Crippen LogP) is 3.32. The van der Waals surface area contributed by atoms with Crippen LogP contribution in [0.3, 0.4) is 0 Å². The van der Waals surface area contributed by atoms with Crippen LogP contribution in [0, 0.1) is 0 Å². The van der Waals surface area contributed by atoms with E-state index in [1.54, 1.807) is 35.5 Å². The van der Waals surface area contributed by atoms with Crippen molar-refractivity contribution in [2.45, 2.75) is 31.6 Å². The molecule has 0 unspecified atom stereocenters. The molecule has 8 heteroatoms. The molecule has 2 aromatic rings. The van der Waals surface area contributed by atoms with Gasteiger partial charge in [0.15, 0.2) is 23.0 Å². The van der Waals surface area contributed by atoms with Gasteiger partial charge >= 0.3 is 0 Å². The summed E-state index contributed by atoms with van der Waals surface area (Å²) in [4.78, 5) is 17.3. The minimum absolute atomic E-state index is 0.188. The van der Waals surface area contributed by atoms with Crippen molar-refractivity contribution in [1.82, 2.24) is 9.80 Å². The predicted molar refractivity (Wildman–Crippen MR) is 138 cm³/mol. The number of likely N-dealkylation sites (N-methyl/N-ethyl adjacent to an activating group) is 1. The minimum atomic E-state index is 0.188. The summed E-state index contributed by atoms with van der Waals surface area (Å²) in [6, 6.07) is 6.18. The number of carbonyl (C=O) groups excluding carboxylic acids is 1. The number of hydrogen-bond acceptors (Lipinski definition) is 7. The first-order valence-electron chi connectivity index (χ1n) is 12.5. The summed E-state index contributed by atoms with van der Waals surface area (Å²) in [5, 5.41) is 0. The van der Waals surface area contributed by atoms with Crippen LogP contribution in [0.5, 0.6) is 28.7 Å². The standard InChI is InChI=1S/C28H38N2O6/c1-29(17-20-13-19-15-23(32-2)24(33-3)16-22(19)20)10-9-26(31)30-11-7-18-14-25(34-4)28(36-6)27(35-5)21(18)8-12-30/h14-16,20H,7-13,17H2,1-6H3/t20-/m1/s1. The highest BCUT2D eigenvalue weighted by molar-refractivity contribution is 5.76. The van der Waals surface area contributed by atoms with Gasteiger partial charge in [0.1, 0.15) is 0 Å². The van der Waals surface area contributed by atoms with Crippen molar-refractivity contribution >= 4 is 5.91 Å². The van der Waals surface area contributed by atoms with E-state index in [-0.39, 0.29) is 5.91 Å². The van der Waals surface area contributed by atoms with Gasteiger partial charge in [0.05, 0.1) is 35.5 Å². The zero-order valence-electron chi connectivity index (χ0n) is 22.3. The molecule has 0 radical (unpaired) electrons. The van der Waals surface area contributed by atoms with Crippen LogP contribution in [0.1, 0.15) is 34.6 Å². The van der Waals surface area contributed by atoms with E-state index in [0.717, 1.165) is 55.0 Å². The molecule has 196 valence electrons. The van der Waals surface area contributed by atoms with E-state index >= 15 is 0 Å². The summed E-state index contributed by atoms with van der Waals surface area (Å²) in [7, 11) is 10.3. The second-order valence-corrected chi connectivity index (χ2v) is 9.48. The van der Waals surface area contributed by atoms with Gasteiger partial charge < -0.3 is 33.5 Å². The number of carbonyl (C=O) groups is 1. The van der Waals surface area contributed by atoms with Crippen molar-refractivity contribution < 1.29 is 28.5 Å². The number of fused-ring (bicyclic) bond motifs is 2. The summed E-state index contributed by atoms with van der Waals surface area (Å²) in [5.74, 6) is 4.15. The number of rotatable bonds is 10. The quantitative estimate of drug-likeness (QED) is 0.498. The van der Waals surface area contributed by atoms with Crippen LogP contribution < -0.4 is 23.7 Å².